The Labute approximate surface area is 108 Å². The average Bonchev–Trinajstić information content (AvgIpc) is 2.35. The molecule has 1 amide bonds. The molecule has 3 nitrogen and oxygen atoms in total. The third-order valence-electron chi connectivity index (χ3n) is 2.83. The van der Waals surface area contributed by atoms with Crippen molar-refractivity contribution in [2.45, 2.75) is 19.9 Å². The minimum Gasteiger partial charge on any atom is -0.345 e. The lowest BCUT2D eigenvalue weighted by atomic mass is 10.1. The van der Waals surface area contributed by atoms with Crippen molar-refractivity contribution in [1.29, 1.82) is 0 Å². The van der Waals surface area contributed by atoms with Gasteiger partial charge in [-0.3, -0.25) is 4.79 Å². The topological polar surface area (TPSA) is 32.3 Å². The summed E-state index contributed by atoms with van der Waals surface area (Å²) in [7, 11) is 1.80. The van der Waals surface area contributed by atoms with E-state index in [-0.39, 0.29) is 11.9 Å². The Morgan fingerprint density at radius 1 is 1.47 bits per heavy atom. The van der Waals surface area contributed by atoms with Crippen molar-refractivity contribution in [2.24, 2.45) is 0 Å². The summed E-state index contributed by atoms with van der Waals surface area (Å²) in [5.41, 5.74) is 1.01. The van der Waals surface area contributed by atoms with Crippen LogP contribution in [0.3, 0.4) is 0 Å². The molecule has 0 spiro atoms. The highest BCUT2D eigenvalue weighted by Crippen LogP contribution is 2.21. The molecule has 0 aromatic heterocycles. The number of hydrogen-bond donors (Lipinski definition) is 1. The van der Waals surface area contributed by atoms with Gasteiger partial charge in [-0.15, -0.1) is 0 Å². The second-order valence-corrected chi connectivity index (χ2v) is 4.44. The Hall–Kier alpha value is -1.06. The average molecular weight is 255 g/mol. The molecule has 1 atom stereocenters. The van der Waals surface area contributed by atoms with Crippen LogP contribution < -0.4 is 5.32 Å². The molecule has 1 aromatic carbocycles. The zero-order valence-corrected chi connectivity index (χ0v) is 11.3. The van der Waals surface area contributed by atoms with Crippen molar-refractivity contribution in [3.8, 4) is 0 Å². The molecule has 0 saturated heterocycles. The summed E-state index contributed by atoms with van der Waals surface area (Å²) >= 11 is 6.09. The van der Waals surface area contributed by atoms with Crippen molar-refractivity contribution < 1.29 is 4.79 Å². The Morgan fingerprint density at radius 2 is 2.12 bits per heavy atom. The maximum atomic E-state index is 11.6. The van der Waals surface area contributed by atoms with Crippen molar-refractivity contribution in [2.75, 3.05) is 20.1 Å². The molecular weight excluding hydrogens is 236 g/mol. The van der Waals surface area contributed by atoms with Gasteiger partial charge in [-0.25, -0.2) is 0 Å². The first-order valence-electron chi connectivity index (χ1n) is 5.78. The molecule has 0 radical (unpaired) electrons. The first kappa shape index (κ1) is 14.0. The molecule has 1 N–H and O–H groups in total. The molecule has 0 saturated carbocycles. The summed E-state index contributed by atoms with van der Waals surface area (Å²) in [5, 5.41) is 3.90. The normalized spacial score (nSPS) is 12.2. The monoisotopic (exact) mass is 254 g/mol. The third kappa shape index (κ3) is 4.02. The maximum absolute atomic E-state index is 11.6. The van der Waals surface area contributed by atoms with E-state index in [0.29, 0.717) is 6.54 Å². The Bertz CT molecular complexity index is 381. The van der Waals surface area contributed by atoms with E-state index in [1.54, 1.807) is 11.9 Å². The molecule has 0 heterocycles. The van der Waals surface area contributed by atoms with Gasteiger partial charge in [0.1, 0.15) is 0 Å². The lowest BCUT2D eigenvalue weighted by molar-refractivity contribution is -0.128. The highest BCUT2D eigenvalue weighted by molar-refractivity contribution is 6.31. The smallest absolute Gasteiger partial charge is 0.236 e. The highest BCUT2D eigenvalue weighted by Gasteiger charge is 2.11. The van der Waals surface area contributed by atoms with Crippen LogP contribution in [0.5, 0.6) is 0 Å². The van der Waals surface area contributed by atoms with Crippen molar-refractivity contribution >= 4 is 17.5 Å². The predicted octanol–water partition coefficient (Wildman–Crippen LogP) is 2.47. The van der Waals surface area contributed by atoms with Gasteiger partial charge in [-0.05, 0) is 25.5 Å². The largest absolute Gasteiger partial charge is 0.345 e. The van der Waals surface area contributed by atoms with Crippen LogP contribution in [0.25, 0.3) is 0 Å². The number of nitrogens with zero attached hydrogens (tertiary/aromatic N) is 1. The molecule has 1 unspecified atom stereocenters. The van der Waals surface area contributed by atoms with Crippen LogP contribution in [0.1, 0.15) is 25.5 Å². The standard InChI is InChI=1S/C13H19ClN2O/c1-4-16(3)13(17)9-15-10(2)11-7-5-6-8-12(11)14/h5-8,10,15H,4,9H2,1-3H3. The van der Waals surface area contributed by atoms with Crippen LogP contribution in [0.15, 0.2) is 24.3 Å². The van der Waals surface area contributed by atoms with E-state index in [4.69, 9.17) is 11.6 Å². The zero-order valence-electron chi connectivity index (χ0n) is 10.5. The van der Waals surface area contributed by atoms with Crippen molar-refractivity contribution in [1.82, 2.24) is 10.2 Å². The number of hydrogen-bond acceptors (Lipinski definition) is 2. The molecule has 0 aliphatic heterocycles. The third-order valence-corrected chi connectivity index (χ3v) is 3.18. The van der Waals surface area contributed by atoms with Crippen LogP contribution in [0.2, 0.25) is 5.02 Å². The summed E-state index contributed by atoms with van der Waals surface area (Å²) in [6, 6.07) is 7.73. The SMILES string of the molecule is CCN(C)C(=O)CNC(C)c1ccccc1Cl. The van der Waals surface area contributed by atoms with Crippen LogP contribution >= 0.6 is 11.6 Å². The van der Waals surface area contributed by atoms with E-state index in [9.17, 15) is 4.79 Å². The number of carbonyl (C=O) groups excluding carboxylic acids is 1. The fourth-order valence-electron chi connectivity index (χ4n) is 1.49. The second kappa shape index (κ2) is 6.62. The molecule has 1 aromatic rings. The molecule has 0 bridgehead atoms. The molecule has 17 heavy (non-hydrogen) atoms. The molecule has 4 heteroatoms. The summed E-state index contributed by atoms with van der Waals surface area (Å²) in [6.07, 6.45) is 0. The van der Waals surface area contributed by atoms with Crippen molar-refractivity contribution in [3.05, 3.63) is 34.9 Å². The number of nitrogens with one attached hydrogen (secondary N) is 1. The Kier molecular flexibility index (Phi) is 5.45. The Morgan fingerprint density at radius 3 is 2.71 bits per heavy atom. The zero-order chi connectivity index (χ0) is 12.8. The van der Waals surface area contributed by atoms with Gasteiger partial charge in [0.15, 0.2) is 0 Å². The quantitative estimate of drug-likeness (QED) is 0.876. The van der Waals surface area contributed by atoms with Gasteiger partial charge in [-0.2, -0.15) is 0 Å². The van der Waals surface area contributed by atoms with Crippen LogP contribution in [0, 0.1) is 0 Å². The van der Waals surface area contributed by atoms with Gasteiger partial charge in [0, 0.05) is 24.7 Å². The molecule has 0 fully saturated rings. The van der Waals surface area contributed by atoms with Gasteiger partial charge in [-0.1, -0.05) is 29.8 Å². The summed E-state index contributed by atoms with van der Waals surface area (Å²) in [6.45, 7) is 5.01. The fourth-order valence-corrected chi connectivity index (χ4v) is 1.79. The van der Waals surface area contributed by atoms with E-state index in [1.165, 1.54) is 0 Å². The lowest BCUT2D eigenvalue weighted by Gasteiger charge is -2.18. The number of likely N-dealkylation sites (N-methyl/N-ethyl adjacent to an activating group) is 1. The summed E-state index contributed by atoms with van der Waals surface area (Å²) < 4.78 is 0. The highest BCUT2D eigenvalue weighted by atomic mass is 35.5. The van der Waals surface area contributed by atoms with Crippen LogP contribution in [-0.2, 0) is 4.79 Å². The molecular formula is C13H19ClN2O. The lowest BCUT2D eigenvalue weighted by Crippen LogP contribution is -2.36. The Balaban J connectivity index is 2.53. The number of amides is 1. The first-order chi connectivity index (χ1) is 8.06. The van der Waals surface area contributed by atoms with E-state index >= 15 is 0 Å². The van der Waals surface area contributed by atoms with Crippen molar-refractivity contribution in [3.63, 3.8) is 0 Å². The van der Waals surface area contributed by atoms with E-state index in [1.807, 2.05) is 38.1 Å². The summed E-state index contributed by atoms with van der Waals surface area (Å²) in [4.78, 5) is 13.3. The number of rotatable bonds is 5. The van der Waals surface area contributed by atoms with Gasteiger partial charge in [0.2, 0.25) is 5.91 Å². The first-order valence-corrected chi connectivity index (χ1v) is 6.15. The molecule has 94 valence electrons. The molecule has 1 rings (SSSR count). The number of carbonyl (C=O) groups is 1. The number of halogens is 1. The van der Waals surface area contributed by atoms with E-state index < -0.39 is 0 Å². The summed E-state index contributed by atoms with van der Waals surface area (Å²) in [5.74, 6) is 0.0893. The second-order valence-electron chi connectivity index (χ2n) is 4.03. The van der Waals surface area contributed by atoms with Crippen LogP contribution in [-0.4, -0.2) is 30.9 Å². The fraction of sp³-hybridized carbons (Fsp3) is 0.462. The van der Waals surface area contributed by atoms with E-state index in [0.717, 1.165) is 17.1 Å². The molecule has 0 aliphatic carbocycles. The van der Waals surface area contributed by atoms with Gasteiger partial charge in [0.05, 0.1) is 6.54 Å². The van der Waals surface area contributed by atoms with Gasteiger partial charge >= 0.3 is 0 Å². The minimum atomic E-state index is 0.0675. The van der Waals surface area contributed by atoms with Gasteiger partial charge < -0.3 is 10.2 Å². The number of benzene rings is 1. The van der Waals surface area contributed by atoms with Crippen LogP contribution in [0.4, 0.5) is 0 Å². The minimum absolute atomic E-state index is 0.0675. The molecule has 0 aliphatic rings. The van der Waals surface area contributed by atoms with E-state index in [2.05, 4.69) is 5.32 Å². The maximum Gasteiger partial charge on any atom is 0.236 e. The predicted molar refractivity (Wildman–Crippen MR) is 71.2 cm³/mol. The van der Waals surface area contributed by atoms with Gasteiger partial charge in [0.25, 0.3) is 0 Å².